The molecular weight excluding hydrogens is 396 g/mol. The van der Waals surface area contributed by atoms with Gasteiger partial charge in [-0.15, -0.1) is 0 Å². The minimum atomic E-state index is -1.17. The number of halogens is 1. The number of hydrogen-bond acceptors (Lipinski definition) is 5. The number of nitrogens with zero attached hydrogens (tertiary/aromatic N) is 3. The fraction of sp³-hybridized carbons (Fsp3) is 0.650. The lowest BCUT2D eigenvalue weighted by molar-refractivity contribution is -0.139. The molecule has 9 heteroatoms. The van der Waals surface area contributed by atoms with Gasteiger partial charge in [0.05, 0.1) is 28.4 Å². The molecule has 2 saturated heterocycles. The first kappa shape index (κ1) is 20.2. The summed E-state index contributed by atoms with van der Waals surface area (Å²) in [6.07, 6.45) is 5.92. The number of piperidine rings is 1. The Morgan fingerprint density at radius 2 is 2.00 bits per heavy atom. The summed E-state index contributed by atoms with van der Waals surface area (Å²) in [4.78, 5) is 32.7. The molecule has 3 fully saturated rings. The van der Waals surface area contributed by atoms with Gasteiger partial charge in [-0.1, -0.05) is 11.6 Å². The summed E-state index contributed by atoms with van der Waals surface area (Å²) in [5, 5.41) is 21.2. The Morgan fingerprint density at radius 3 is 2.69 bits per heavy atom. The molecule has 2 amide bonds. The van der Waals surface area contributed by atoms with E-state index in [1.54, 1.807) is 6.07 Å². The molecule has 1 saturated carbocycles. The van der Waals surface area contributed by atoms with Crippen molar-refractivity contribution in [2.45, 2.75) is 57.1 Å². The van der Waals surface area contributed by atoms with Crippen LogP contribution in [0.5, 0.6) is 0 Å². The van der Waals surface area contributed by atoms with Crippen LogP contribution in [0.15, 0.2) is 12.3 Å². The lowest BCUT2D eigenvalue weighted by Crippen LogP contribution is -2.50. The van der Waals surface area contributed by atoms with E-state index >= 15 is 0 Å². The molecular formula is C20H27ClN4O4. The standard InChI is InChI=1S/C20H27ClN4O4/c21-16-10-13(23-19(28)29)11-22-17(16)24-8-1-6-20(12-24)7-9-25(18(20)27)14-2-4-15(26)5-3-14/h10-11,14-15,23,26H,1-9,12H2,(H,28,29)/t14?,15?,20-/m1/s1. The SMILES string of the molecule is O=C(O)Nc1cnc(N2CCC[C@@]3(CCN(C4CCC(O)CC4)C3=O)C2)c(Cl)c1. The Morgan fingerprint density at radius 1 is 1.24 bits per heavy atom. The minimum Gasteiger partial charge on any atom is -0.465 e. The molecule has 3 N–H and O–H groups in total. The molecule has 3 heterocycles. The van der Waals surface area contributed by atoms with Gasteiger partial charge in [-0.25, -0.2) is 9.78 Å². The molecule has 1 aromatic rings. The predicted octanol–water partition coefficient (Wildman–Crippen LogP) is 2.95. The van der Waals surface area contributed by atoms with E-state index in [1.165, 1.54) is 6.20 Å². The highest BCUT2D eigenvalue weighted by atomic mass is 35.5. The van der Waals surface area contributed by atoms with E-state index in [9.17, 15) is 14.7 Å². The molecule has 158 valence electrons. The van der Waals surface area contributed by atoms with Crippen molar-refractivity contribution in [3.05, 3.63) is 17.3 Å². The second-order valence-corrected chi connectivity index (χ2v) is 8.88. The fourth-order valence-electron chi connectivity index (χ4n) is 5.11. The van der Waals surface area contributed by atoms with Crippen molar-refractivity contribution in [2.75, 3.05) is 29.9 Å². The number of aromatic nitrogens is 1. The zero-order chi connectivity index (χ0) is 20.6. The fourth-order valence-corrected chi connectivity index (χ4v) is 5.40. The average Bonchev–Trinajstić information content (AvgIpc) is 2.98. The molecule has 1 aromatic heterocycles. The van der Waals surface area contributed by atoms with Crippen molar-refractivity contribution >= 4 is 35.1 Å². The van der Waals surface area contributed by atoms with E-state index in [1.807, 2.05) is 4.90 Å². The van der Waals surface area contributed by atoms with Crippen molar-refractivity contribution in [1.82, 2.24) is 9.88 Å². The molecule has 1 spiro atoms. The highest BCUT2D eigenvalue weighted by Gasteiger charge is 2.51. The third-order valence-electron chi connectivity index (χ3n) is 6.60. The Kier molecular flexibility index (Phi) is 5.57. The van der Waals surface area contributed by atoms with Gasteiger partial charge in [-0.05, 0) is 51.0 Å². The monoisotopic (exact) mass is 422 g/mol. The summed E-state index contributed by atoms with van der Waals surface area (Å²) in [5.74, 6) is 0.817. The quantitative estimate of drug-likeness (QED) is 0.691. The number of likely N-dealkylation sites (tertiary alicyclic amines) is 1. The number of aliphatic hydroxyl groups is 1. The zero-order valence-electron chi connectivity index (χ0n) is 16.3. The minimum absolute atomic E-state index is 0.226. The van der Waals surface area contributed by atoms with Crippen LogP contribution in [-0.4, -0.2) is 63.9 Å². The third kappa shape index (κ3) is 4.00. The second kappa shape index (κ2) is 7.99. The van der Waals surface area contributed by atoms with Crippen molar-refractivity contribution < 1.29 is 19.8 Å². The van der Waals surface area contributed by atoms with E-state index in [-0.39, 0.29) is 18.1 Å². The van der Waals surface area contributed by atoms with Crippen molar-refractivity contribution in [3.63, 3.8) is 0 Å². The number of anilines is 2. The number of pyridine rings is 1. The number of rotatable bonds is 3. The summed E-state index contributed by atoms with van der Waals surface area (Å²) in [6, 6.07) is 1.79. The smallest absolute Gasteiger partial charge is 0.409 e. The molecule has 2 aliphatic heterocycles. The van der Waals surface area contributed by atoms with Crippen LogP contribution < -0.4 is 10.2 Å². The first-order valence-corrected chi connectivity index (χ1v) is 10.7. The Bertz CT molecular complexity index is 799. The predicted molar refractivity (Wildman–Crippen MR) is 109 cm³/mol. The van der Waals surface area contributed by atoms with Crippen LogP contribution in [0.25, 0.3) is 0 Å². The van der Waals surface area contributed by atoms with Gasteiger partial charge < -0.3 is 20.0 Å². The van der Waals surface area contributed by atoms with Crippen LogP contribution in [-0.2, 0) is 4.79 Å². The number of amides is 2. The topological polar surface area (TPSA) is 106 Å². The van der Waals surface area contributed by atoms with E-state index in [0.29, 0.717) is 23.1 Å². The summed E-state index contributed by atoms with van der Waals surface area (Å²) in [6.45, 7) is 2.12. The van der Waals surface area contributed by atoms with Gasteiger partial charge in [-0.3, -0.25) is 10.1 Å². The van der Waals surface area contributed by atoms with Gasteiger partial charge in [0.2, 0.25) is 5.91 Å². The Labute approximate surface area is 174 Å². The Balaban J connectivity index is 1.48. The lowest BCUT2D eigenvalue weighted by atomic mass is 9.78. The molecule has 4 rings (SSSR count). The number of carboxylic acid groups (broad SMARTS) is 1. The van der Waals surface area contributed by atoms with Crippen LogP contribution in [0.2, 0.25) is 5.02 Å². The van der Waals surface area contributed by atoms with Crippen LogP contribution in [0.3, 0.4) is 0 Å². The lowest BCUT2D eigenvalue weighted by Gasteiger charge is -2.41. The second-order valence-electron chi connectivity index (χ2n) is 8.48. The molecule has 8 nitrogen and oxygen atoms in total. The van der Waals surface area contributed by atoms with Crippen molar-refractivity contribution in [3.8, 4) is 0 Å². The number of nitrogens with one attached hydrogen (secondary N) is 1. The highest BCUT2D eigenvalue weighted by Crippen LogP contribution is 2.44. The average molecular weight is 423 g/mol. The van der Waals surface area contributed by atoms with Crippen LogP contribution >= 0.6 is 11.6 Å². The van der Waals surface area contributed by atoms with E-state index in [0.717, 1.165) is 58.0 Å². The first-order valence-electron chi connectivity index (χ1n) is 10.3. The van der Waals surface area contributed by atoms with E-state index in [4.69, 9.17) is 16.7 Å². The summed E-state index contributed by atoms with van der Waals surface area (Å²) in [7, 11) is 0. The number of carbonyl (C=O) groups excluding carboxylic acids is 1. The summed E-state index contributed by atoms with van der Waals surface area (Å²) < 4.78 is 0. The van der Waals surface area contributed by atoms with Gasteiger partial charge in [0.15, 0.2) is 0 Å². The van der Waals surface area contributed by atoms with Crippen LogP contribution in [0.1, 0.15) is 44.9 Å². The van der Waals surface area contributed by atoms with Crippen molar-refractivity contribution in [1.29, 1.82) is 0 Å². The molecule has 29 heavy (non-hydrogen) atoms. The van der Waals surface area contributed by atoms with Gasteiger partial charge in [0.25, 0.3) is 0 Å². The summed E-state index contributed by atoms with van der Waals surface area (Å²) in [5.41, 5.74) is -0.0855. The zero-order valence-corrected chi connectivity index (χ0v) is 17.1. The van der Waals surface area contributed by atoms with Crippen LogP contribution in [0, 0.1) is 5.41 Å². The van der Waals surface area contributed by atoms with Gasteiger partial charge >= 0.3 is 6.09 Å². The summed E-state index contributed by atoms with van der Waals surface area (Å²) >= 11 is 6.39. The molecule has 3 aliphatic rings. The maximum absolute atomic E-state index is 13.4. The maximum atomic E-state index is 13.4. The van der Waals surface area contributed by atoms with E-state index < -0.39 is 11.5 Å². The normalized spacial score (nSPS) is 30.1. The number of carbonyl (C=O) groups is 2. The molecule has 0 radical (unpaired) electrons. The highest BCUT2D eigenvalue weighted by molar-refractivity contribution is 6.33. The van der Waals surface area contributed by atoms with Gasteiger partial charge in [-0.2, -0.15) is 0 Å². The largest absolute Gasteiger partial charge is 0.465 e. The van der Waals surface area contributed by atoms with Crippen molar-refractivity contribution in [2.24, 2.45) is 5.41 Å². The Hall–Kier alpha value is -2.06. The third-order valence-corrected chi connectivity index (χ3v) is 6.88. The van der Waals surface area contributed by atoms with Crippen LogP contribution in [0.4, 0.5) is 16.3 Å². The number of aliphatic hydroxyl groups excluding tert-OH is 1. The number of hydrogen-bond donors (Lipinski definition) is 3. The molecule has 1 aliphatic carbocycles. The maximum Gasteiger partial charge on any atom is 0.409 e. The first-order chi connectivity index (χ1) is 13.9. The molecule has 1 atom stereocenters. The van der Waals surface area contributed by atoms with Gasteiger partial charge in [0.1, 0.15) is 5.82 Å². The van der Waals surface area contributed by atoms with E-state index in [2.05, 4.69) is 15.2 Å². The molecule has 0 bridgehead atoms. The molecule has 0 unspecified atom stereocenters. The molecule has 0 aromatic carbocycles. The van der Waals surface area contributed by atoms with Gasteiger partial charge in [0, 0.05) is 25.7 Å².